The number of allylic oxidation sites excluding steroid dienone is 2. The summed E-state index contributed by atoms with van der Waals surface area (Å²) in [7, 11) is 0. The molecule has 1 rings (SSSR count). The van der Waals surface area contributed by atoms with Crippen LogP contribution in [0.1, 0.15) is 46.6 Å². The van der Waals surface area contributed by atoms with Crippen LogP contribution >= 0.6 is 0 Å². The maximum absolute atomic E-state index is 11.8. The largest absolute Gasteiger partial charge is 0.486 e. The number of hydrogen-bond donors (Lipinski definition) is 0. The van der Waals surface area contributed by atoms with Gasteiger partial charge in [0.25, 0.3) is 0 Å². The Morgan fingerprint density at radius 3 is 2.21 bits per heavy atom. The number of carbonyl (C=O) groups excluding carboxylic acids is 1. The molecule has 0 aliphatic rings. The van der Waals surface area contributed by atoms with Crippen molar-refractivity contribution in [2.45, 2.75) is 41.0 Å². The van der Waals surface area contributed by atoms with Crippen LogP contribution in [0, 0.1) is 5.41 Å². The van der Waals surface area contributed by atoms with Crippen molar-refractivity contribution < 1.29 is 9.53 Å². The topological polar surface area (TPSA) is 26.3 Å². The lowest BCUT2D eigenvalue weighted by Gasteiger charge is -2.16. The number of carbonyl (C=O) groups is 1. The lowest BCUT2D eigenvalue weighted by Crippen LogP contribution is -2.26. The molecule has 0 atom stereocenters. The Bertz CT molecular complexity index is 447. The van der Waals surface area contributed by atoms with E-state index in [4.69, 9.17) is 4.74 Å². The third-order valence-electron chi connectivity index (χ3n) is 3.16. The summed E-state index contributed by atoms with van der Waals surface area (Å²) in [6.45, 7) is 10.0. The molecule has 0 aliphatic carbocycles. The number of Topliss-reactive ketones (excluding diaryl/α,β-unsaturated/α-hetero) is 1. The fourth-order valence-corrected chi connectivity index (χ4v) is 1.71. The van der Waals surface area contributed by atoms with Gasteiger partial charge >= 0.3 is 0 Å². The van der Waals surface area contributed by atoms with Crippen molar-refractivity contribution in [1.82, 2.24) is 0 Å². The van der Waals surface area contributed by atoms with Gasteiger partial charge in [-0.15, -0.1) is 0 Å². The summed E-state index contributed by atoms with van der Waals surface area (Å²) in [6, 6.07) is 7.92. The summed E-state index contributed by atoms with van der Waals surface area (Å²) in [5, 5.41) is 0. The monoisotopic (exact) mass is 260 g/mol. The van der Waals surface area contributed by atoms with Crippen molar-refractivity contribution in [3.05, 3.63) is 35.9 Å². The minimum absolute atomic E-state index is 0.110. The molecule has 0 bridgehead atoms. The molecule has 104 valence electrons. The van der Waals surface area contributed by atoms with Crippen LogP contribution in [0.3, 0.4) is 0 Å². The van der Waals surface area contributed by atoms with Crippen molar-refractivity contribution in [2.75, 3.05) is 6.61 Å². The first-order valence-corrected chi connectivity index (χ1v) is 6.80. The van der Waals surface area contributed by atoms with E-state index in [-0.39, 0.29) is 17.8 Å². The third kappa shape index (κ3) is 4.55. The van der Waals surface area contributed by atoms with Gasteiger partial charge in [0.05, 0.1) is 0 Å². The van der Waals surface area contributed by atoms with Gasteiger partial charge in [-0.3, -0.25) is 4.79 Å². The van der Waals surface area contributed by atoms with Crippen LogP contribution < -0.4 is 4.74 Å². The standard InChI is InChI=1S/C17H24O2/c1-6-13(7-2)14-8-10-15(11-9-14)19-12-16(18)17(3,4)5/h6,8-11H,7,12H2,1-5H3. The summed E-state index contributed by atoms with van der Waals surface area (Å²) in [4.78, 5) is 11.8. The van der Waals surface area contributed by atoms with Crippen LogP contribution in [0.15, 0.2) is 30.3 Å². The second-order valence-corrected chi connectivity index (χ2v) is 5.65. The molecule has 0 aliphatic heterocycles. The number of ketones is 1. The highest BCUT2D eigenvalue weighted by Crippen LogP contribution is 2.22. The lowest BCUT2D eigenvalue weighted by molar-refractivity contribution is -0.128. The predicted octanol–water partition coefficient (Wildman–Crippen LogP) is 4.49. The lowest BCUT2D eigenvalue weighted by atomic mass is 9.91. The summed E-state index contributed by atoms with van der Waals surface area (Å²) >= 11 is 0. The van der Waals surface area contributed by atoms with Crippen LogP contribution in [0.2, 0.25) is 0 Å². The molecule has 0 heterocycles. The van der Waals surface area contributed by atoms with E-state index in [0.717, 1.165) is 12.2 Å². The quantitative estimate of drug-likeness (QED) is 0.779. The fraction of sp³-hybridized carbons (Fsp3) is 0.471. The Balaban J connectivity index is 2.66. The van der Waals surface area contributed by atoms with Gasteiger partial charge in [-0.25, -0.2) is 0 Å². The van der Waals surface area contributed by atoms with Crippen LogP contribution in [-0.4, -0.2) is 12.4 Å². The molecule has 0 aromatic heterocycles. The van der Waals surface area contributed by atoms with Crippen LogP contribution in [-0.2, 0) is 4.79 Å². The smallest absolute Gasteiger partial charge is 0.175 e. The first kappa shape index (κ1) is 15.5. The number of ether oxygens (including phenoxy) is 1. The SMILES string of the molecule is CC=C(CC)c1ccc(OCC(=O)C(C)(C)C)cc1. The molecule has 0 amide bonds. The van der Waals surface area contributed by atoms with Gasteiger partial charge in [0.2, 0.25) is 0 Å². The van der Waals surface area contributed by atoms with E-state index in [1.165, 1.54) is 11.1 Å². The maximum Gasteiger partial charge on any atom is 0.175 e. The minimum Gasteiger partial charge on any atom is -0.486 e. The highest BCUT2D eigenvalue weighted by Gasteiger charge is 2.21. The third-order valence-corrected chi connectivity index (χ3v) is 3.16. The average Bonchev–Trinajstić information content (AvgIpc) is 2.37. The number of rotatable bonds is 5. The van der Waals surface area contributed by atoms with E-state index >= 15 is 0 Å². The molecule has 2 heteroatoms. The summed E-state index contributed by atoms with van der Waals surface area (Å²) in [6.07, 6.45) is 3.14. The molecule has 0 radical (unpaired) electrons. The van der Waals surface area contributed by atoms with Crippen molar-refractivity contribution in [3.8, 4) is 5.75 Å². The van der Waals surface area contributed by atoms with Crippen LogP contribution in [0.25, 0.3) is 5.57 Å². The molecular weight excluding hydrogens is 236 g/mol. The molecule has 0 unspecified atom stereocenters. The maximum atomic E-state index is 11.8. The van der Waals surface area contributed by atoms with Gasteiger partial charge in [-0.05, 0) is 36.6 Å². The average molecular weight is 260 g/mol. The Labute approximate surface area is 116 Å². The number of benzene rings is 1. The van der Waals surface area contributed by atoms with Crippen LogP contribution in [0.5, 0.6) is 5.75 Å². The zero-order chi connectivity index (χ0) is 14.5. The van der Waals surface area contributed by atoms with Gasteiger partial charge in [0.1, 0.15) is 12.4 Å². The van der Waals surface area contributed by atoms with E-state index in [2.05, 4.69) is 13.0 Å². The molecule has 0 N–H and O–H groups in total. The molecule has 0 saturated carbocycles. The highest BCUT2D eigenvalue weighted by atomic mass is 16.5. The van der Waals surface area contributed by atoms with Gasteiger partial charge in [0.15, 0.2) is 5.78 Å². The van der Waals surface area contributed by atoms with Crippen molar-refractivity contribution in [2.24, 2.45) is 5.41 Å². The highest BCUT2D eigenvalue weighted by molar-refractivity contribution is 5.85. The van der Waals surface area contributed by atoms with E-state index < -0.39 is 0 Å². The van der Waals surface area contributed by atoms with Gasteiger partial charge < -0.3 is 4.74 Å². The first-order chi connectivity index (χ1) is 8.88. The van der Waals surface area contributed by atoms with Crippen molar-refractivity contribution in [1.29, 1.82) is 0 Å². The van der Waals surface area contributed by atoms with Gasteiger partial charge in [-0.1, -0.05) is 45.9 Å². The summed E-state index contributed by atoms with van der Waals surface area (Å²) in [5.41, 5.74) is 2.18. The Hall–Kier alpha value is -1.57. The molecule has 2 nitrogen and oxygen atoms in total. The van der Waals surface area contributed by atoms with Crippen molar-refractivity contribution in [3.63, 3.8) is 0 Å². The zero-order valence-electron chi connectivity index (χ0n) is 12.6. The van der Waals surface area contributed by atoms with Crippen LogP contribution in [0.4, 0.5) is 0 Å². The summed E-state index contributed by atoms with van der Waals surface area (Å²) in [5.74, 6) is 0.854. The predicted molar refractivity (Wildman–Crippen MR) is 80.3 cm³/mol. The minimum atomic E-state index is -0.347. The Morgan fingerprint density at radius 2 is 1.79 bits per heavy atom. The fourth-order valence-electron chi connectivity index (χ4n) is 1.71. The Morgan fingerprint density at radius 1 is 1.21 bits per heavy atom. The number of hydrogen-bond acceptors (Lipinski definition) is 2. The molecular formula is C17H24O2. The molecule has 0 spiro atoms. The van der Waals surface area contributed by atoms with E-state index in [0.29, 0.717) is 0 Å². The van der Waals surface area contributed by atoms with E-state index in [1.54, 1.807) is 0 Å². The molecule has 0 fully saturated rings. The Kier molecular flexibility index (Phi) is 5.34. The van der Waals surface area contributed by atoms with Gasteiger partial charge in [-0.2, -0.15) is 0 Å². The molecule has 0 saturated heterocycles. The second kappa shape index (κ2) is 6.55. The zero-order valence-corrected chi connectivity index (χ0v) is 12.6. The van der Waals surface area contributed by atoms with Crippen molar-refractivity contribution >= 4 is 11.4 Å². The molecule has 19 heavy (non-hydrogen) atoms. The molecule has 1 aromatic carbocycles. The van der Waals surface area contributed by atoms with E-state index in [1.807, 2.05) is 52.0 Å². The summed E-state index contributed by atoms with van der Waals surface area (Å²) < 4.78 is 5.53. The molecule has 1 aromatic rings. The first-order valence-electron chi connectivity index (χ1n) is 6.80. The van der Waals surface area contributed by atoms with Gasteiger partial charge in [0, 0.05) is 5.41 Å². The normalized spacial score (nSPS) is 12.4. The second-order valence-electron chi connectivity index (χ2n) is 5.65. The van der Waals surface area contributed by atoms with E-state index in [9.17, 15) is 4.79 Å².